The van der Waals surface area contributed by atoms with E-state index in [0.29, 0.717) is 0 Å². The van der Waals surface area contributed by atoms with Crippen LogP contribution in [0.2, 0.25) is 0 Å². The summed E-state index contributed by atoms with van der Waals surface area (Å²) in [6.45, 7) is -0.611. The van der Waals surface area contributed by atoms with Gasteiger partial charge in [0.15, 0.2) is 18.7 Å². The van der Waals surface area contributed by atoms with Crippen molar-refractivity contribution < 1.29 is 54.0 Å². The van der Waals surface area contributed by atoms with Gasteiger partial charge < -0.3 is 55.0 Å². The minimum absolute atomic E-state index is 0.0353. The summed E-state index contributed by atoms with van der Waals surface area (Å²) in [5, 5.41) is 50.6. The molecule has 0 amide bonds. The Morgan fingerprint density at radius 3 is 2.31 bits per heavy atom. The summed E-state index contributed by atoms with van der Waals surface area (Å²) < 4.78 is 26.8. The van der Waals surface area contributed by atoms with E-state index in [9.17, 15) is 30.3 Å². The fraction of sp³-hybridized carbons (Fsp3) is 0.650. The maximum absolute atomic E-state index is 12.3. The van der Waals surface area contributed by atoms with Gasteiger partial charge in [-0.2, -0.15) is 0 Å². The molecule has 3 rings (SSSR count). The summed E-state index contributed by atoms with van der Waals surface area (Å²) in [6.07, 6.45) is -13.4. The minimum Gasteiger partial charge on any atom is -0.467 e. The molecular formula is C20H29NO11. The summed E-state index contributed by atoms with van der Waals surface area (Å²) in [5.41, 5.74) is 6.63. The number of hydrogen-bond donors (Lipinski definition) is 6. The van der Waals surface area contributed by atoms with Crippen LogP contribution < -0.4 is 5.73 Å². The largest absolute Gasteiger partial charge is 0.467 e. The first-order chi connectivity index (χ1) is 15.3. The molecule has 0 unspecified atom stereocenters. The zero-order valence-corrected chi connectivity index (χ0v) is 17.3. The third kappa shape index (κ3) is 5.26. The lowest BCUT2D eigenvalue weighted by atomic mass is 9.96. The summed E-state index contributed by atoms with van der Waals surface area (Å²) in [4.78, 5) is 12.3. The zero-order valence-electron chi connectivity index (χ0n) is 17.3. The van der Waals surface area contributed by atoms with E-state index in [-0.39, 0.29) is 6.61 Å². The first-order valence-electron chi connectivity index (χ1n) is 10.1. The van der Waals surface area contributed by atoms with Gasteiger partial charge in [-0.05, 0) is 5.56 Å². The first-order valence-corrected chi connectivity index (χ1v) is 10.1. The molecule has 10 atom stereocenters. The Hall–Kier alpha value is -1.71. The second-order valence-corrected chi connectivity index (χ2v) is 7.61. The fourth-order valence-corrected chi connectivity index (χ4v) is 3.57. The average Bonchev–Trinajstić information content (AvgIpc) is 2.81. The number of rotatable bonds is 7. The van der Waals surface area contributed by atoms with Crippen LogP contribution >= 0.6 is 0 Å². The van der Waals surface area contributed by atoms with Gasteiger partial charge in [-0.3, -0.25) is 0 Å². The summed E-state index contributed by atoms with van der Waals surface area (Å²) in [6, 6.07) is 7.70. The second kappa shape index (κ2) is 10.9. The topological polar surface area (TPSA) is 190 Å². The number of benzene rings is 1. The normalized spacial score (nSPS) is 40.1. The lowest BCUT2D eigenvalue weighted by molar-refractivity contribution is -0.341. The molecule has 12 nitrogen and oxygen atoms in total. The average molecular weight is 459 g/mol. The van der Waals surface area contributed by atoms with Gasteiger partial charge in [-0.15, -0.1) is 0 Å². The molecule has 0 aromatic heterocycles. The fourth-order valence-electron chi connectivity index (χ4n) is 3.57. The number of ether oxygens (including phenoxy) is 5. The van der Waals surface area contributed by atoms with Crippen LogP contribution in [0.1, 0.15) is 5.56 Å². The van der Waals surface area contributed by atoms with Crippen LogP contribution in [0.15, 0.2) is 30.3 Å². The van der Waals surface area contributed by atoms with Gasteiger partial charge in [0.1, 0.15) is 36.6 Å². The maximum atomic E-state index is 12.3. The van der Waals surface area contributed by atoms with E-state index < -0.39 is 73.9 Å². The van der Waals surface area contributed by atoms with Crippen LogP contribution in [0.3, 0.4) is 0 Å². The standard InChI is InChI=1S/C20H29NO11/c1-28-18(27)17-16(31-19-11(21)13(24)12(23)10(7-22)30-19)14(25)15(26)20(32-17)29-8-9-5-3-2-4-6-9/h2-6,10-17,19-20,22-26H,7-8,21H2,1H3/t10-,11-,12-,13-,14-,15-,16+,17+,19-,20-/m1/s1. The van der Waals surface area contributed by atoms with Crippen LogP contribution in [0.5, 0.6) is 0 Å². The maximum Gasteiger partial charge on any atom is 0.337 e. The molecule has 2 aliphatic rings. The van der Waals surface area contributed by atoms with Crippen molar-refractivity contribution in [2.75, 3.05) is 13.7 Å². The molecule has 0 aliphatic carbocycles. The molecular weight excluding hydrogens is 430 g/mol. The van der Waals surface area contributed by atoms with E-state index in [1.54, 1.807) is 24.3 Å². The summed E-state index contributed by atoms with van der Waals surface area (Å²) in [7, 11) is 1.10. The zero-order chi connectivity index (χ0) is 23.4. The smallest absolute Gasteiger partial charge is 0.337 e. The SMILES string of the molecule is COC(=O)[C@H]1O[C@@H](OCc2ccccc2)[C@H](O)[C@@H](O)[C@@H]1O[C@H]1O[C@H](CO)[C@@H](O)[C@H](O)[C@H]1N. The molecule has 0 spiro atoms. The van der Waals surface area contributed by atoms with Crippen molar-refractivity contribution in [2.24, 2.45) is 5.73 Å². The first kappa shape index (κ1) is 24.9. The Kier molecular flexibility index (Phi) is 8.52. The van der Waals surface area contributed by atoms with E-state index >= 15 is 0 Å². The molecule has 2 heterocycles. The molecule has 180 valence electrons. The molecule has 0 bridgehead atoms. The van der Waals surface area contributed by atoms with Crippen molar-refractivity contribution in [1.29, 1.82) is 0 Å². The van der Waals surface area contributed by atoms with Crippen LogP contribution in [-0.2, 0) is 35.1 Å². The summed E-state index contributed by atoms with van der Waals surface area (Å²) >= 11 is 0. The highest BCUT2D eigenvalue weighted by Gasteiger charge is 2.52. The second-order valence-electron chi connectivity index (χ2n) is 7.61. The molecule has 2 saturated heterocycles. The molecule has 1 aromatic rings. The molecule has 0 radical (unpaired) electrons. The van der Waals surface area contributed by atoms with E-state index in [2.05, 4.69) is 0 Å². The Bertz CT molecular complexity index is 736. The molecule has 12 heteroatoms. The lowest BCUT2D eigenvalue weighted by Crippen LogP contribution is -2.67. The number of carbonyl (C=O) groups is 1. The Morgan fingerprint density at radius 1 is 1.00 bits per heavy atom. The molecule has 7 N–H and O–H groups in total. The molecule has 1 aromatic carbocycles. The van der Waals surface area contributed by atoms with Gasteiger partial charge in [-0.25, -0.2) is 4.79 Å². The quantitative estimate of drug-likeness (QED) is 0.227. The van der Waals surface area contributed by atoms with Gasteiger partial charge in [0, 0.05) is 0 Å². The van der Waals surface area contributed by atoms with Gasteiger partial charge >= 0.3 is 5.97 Å². The molecule has 2 aliphatic heterocycles. The lowest BCUT2D eigenvalue weighted by Gasteiger charge is -2.45. The molecule has 32 heavy (non-hydrogen) atoms. The van der Waals surface area contributed by atoms with Gasteiger partial charge in [0.25, 0.3) is 0 Å². The number of aliphatic hydroxyl groups is 5. The van der Waals surface area contributed by atoms with Crippen molar-refractivity contribution in [2.45, 2.75) is 68.0 Å². The van der Waals surface area contributed by atoms with Gasteiger partial charge in [0.2, 0.25) is 0 Å². The monoisotopic (exact) mass is 459 g/mol. The van der Waals surface area contributed by atoms with E-state index in [4.69, 9.17) is 29.4 Å². The van der Waals surface area contributed by atoms with Crippen molar-refractivity contribution in [3.8, 4) is 0 Å². The predicted octanol–water partition coefficient (Wildman–Crippen LogP) is -3.03. The van der Waals surface area contributed by atoms with Crippen LogP contribution in [0.25, 0.3) is 0 Å². The van der Waals surface area contributed by atoms with Crippen molar-refractivity contribution in [1.82, 2.24) is 0 Å². The van der Waals surface area contributed by atoms with Crippen LogP contribution in [0, 0.1) is 0 Å². The molecule has 2 fully saturated rings. The number of methoxy groups -OCH3 is 1. The number of nitrogens with two attached hydrogens (primary N) is 1. The molecule has 0 saturated carbocycles. The van der Waals surface area contributed by atoms with Crippen molar-refractivity contribution in [3.63, 3.8) is 0 Å². The summed E-state index contributed by atoms with van der Waals surface area (Å²) in [5.74, 6) is -0.919. The Morgan fingerprint density at radius 2 is 1.69 bits per heavy atom. The van der Waals surface area contributed by atoms with Gasteiger partial charge in [-0.1, -0.05) is 30.3 Å². The highest BCUT2D eigenvalue weighted by Crippen LogP contribution is 2.30. The third-order valence-electron chi connectivity index (χ3n) is 5.45. The van der Waals surface area contributed by atoms with Crippen LogP contribution in [0.4, 0.5) is 0 Å². The highest BCUT2D eigenvalue weighted by molar-refractivity contribution is 5.75. The Labute approximate surface area is 184 Å². The van der Waals surface area contributed by atoms with E-state index in [1.807, 2.05) is 6.07 Å². The highest BCUT2D eigenvalue weighted by atomic mass is 16.7. The Balaban J connectivity index is 1.74. The van der Waals surface area contributed by atoms with Crippen molar-refractivity contribution in [3.05, 3.63) is 35.9 Å². The van der Waals surface area contributed by atoms with Crippen LogP contribution in [-0.4, -0.2) is 107 Å². The van der Waals surface area contributed by atoms with E-state index in [1.165, 1.54) is 0 Å². The third-order valence-corrected chi connectivity index (χ3v) is 5.45. The van der Waals surface area contributed by atoms with Crippen molar-refractivity contribution >= 4 is 5.97 Å². The number of carbonyl (C=O) groups excluding carboxylic acids is 1. The van der Waals surface area contributed by atoms with Gasteiger partial charge in [0.05, 0.1) is 26.4 Å². The number of aliphatic hydroxyl groups excluding tert-OH is 5. The number of hydrogen-bond acceptors (Lipinski definition) is 12. The number of esters is 1. The minimum atomic E-state index is -1.69. The predicted molar refractivity (Wildman–Crippen MR) is 105 cm³/mol. The van der Waals surface area contributed by atoms with E-state index in [0.717, 1.165) is 12.7 Å².